The van der Waals surface area contributed by atoms with Crippen LogP contribution in [0.2, 0.25) is 0 Å². The maximum Gasteiger partial charge on any atom is 0.297 e. The molecule has 0 saturated heterocycles. The lowest BCUT2D eigenvalue weighted by molar-refractivity contribution is 0.0971. The maximum atomic E-state index is 13.3. The van der Waals surface area contributed by atoms with Gasteiger partial charge in [0.25, 0.3) is 5.91 Å². The normalized spacial score (nSPS) is 16.3. The van der Waals surface area contributed by atoms with Crippen molar-refractivity contribution in [1.29, 1.82) is 0 Å². The number of nitrogens with zero attached hydrogens (tertiary/aromatic N) is 3. The molecule has 1 aromatic carbocycles. The highest BCUT2D eigenvalue weighted by Gasteiger charge is 2.45. The lowest BCUT2D eigenvalue weighted by Gasteiger charge is -2.20. The van der Waals surface area contributed by atoms with E-state index in [0.29, 0.717) is 21.7 Å². The van der Waals surface area contributed by atoms with E-state index in [9.17, 15) is 9.59 Å². The molecule has 0 fully saturated rings. The summed E-state index contributed by atoms with van der Waals surface area (Å²) in [7, 11) is 0. The van der Waals surface area contributed by atoms with Crippen LogP contribution in [0.25, 0.3) is 11.0 Å². The molecule has 8 heteroatoms. The van der Waals surface area contributed by atoms with Crippen LogP contribution in [0.15, 0.2) is 51.0 Å². The smallest absolute Gasteiger partial charge is 0.297 e. The van der Waals surface area contributed by atoms with Crippen LogP contribution in [0.5, 0.6) is 0 Å². The van der Waals surface area contributed by atoms with Crippen molar-refractivity contribution in [2.24, 2.45) is 0 Å². The summed E-state index contributed by atoms with van der Waals surface area (Å²) in [6.45, 7) is 4.05. The Kier molecular flexibility index (Phi) is 3.92. The highest BCUT2D eigenvalue weighted by atomic mass is 32.1. The molecule has 0 aliphatic carbocycles. The highest BCUT2D eigenvalue weighted by Crippen LogP contribution is 2.43. The Morgan fingerprint density at radius 3 is 2.64 bits per heavy atom. The highest BCUT2D eigenvalue weighted by molar-refractivity contribution is 7.15. The summed E-state index contributed by atoms with van der Waals surface area (Å²) in [6, 6.07) is 10.3. The van der Waals surface area contributed by atoms with E-state index in [-0.39, 0.29) is 23.0 Å². The van der Waals surface area contributed by atoms with Crippen molar-refractivity contribution in [3.05, 3.63) is 73.2 Å². The van der Waals surface area contributed by atoms with Gasteiger partial charge in [0.05, 0.1) is 10.9 Å². The number of aromatic nitrogens is 2. The van der Waals surface area contributed by atoms with Crippen molar-refractivity contribution in [2.75, 3.05) is 4.90 Å². The zero-order chi connectivity index (χ0) is 19.4. The second-order valence-corrected chi connectivity index (χ2v) is 8.81. The van der Waals surface area contributed by atoms with Gasteiger partial charge in [0.2, 0.25) is 10.9 Å². The van der Waals surface area contributed by atoms with Crippen LogP contribution < -0.4 is 10.3 Å². The van der Waals surface area contributed by atoms with E-state index in [4.69, 9.17) is 4.42 Å². The van der Waals surface area contributed by atoms with Crippen molar-refractivity contribution in [1.82, 2.24) is 10.2 Å². The van der Waals surface area contributed by atoms with E-state index in [1.54, 1.807) is 29.2 Å². The Balaban J connectivity index is 1.78. The molecule has 3 aromatic heterocycles. The Labute approximate surface area is 168 Å². The monoisotopic (exact) mass is 409 g/mol. The first kappa shape index (κ1) is 17.3. The Morgan fingerprint density at radius 1 is 1.11 bits per heavy atom. The van der Waals surface area contributed by atoms with Gasteiger partial charge in [0, 0.05) is 10.8 Å². The van der Waals surface area contributed by atoms with Crippen LogP contribution in [0.4, 0.5) is 5.13 Å². The molecule has 4 heterocycles. The number of fused-ring (bicyclic) bond motifs is 2. The summed E-state index contributed by atoms with van der Waals surface area (Å²) in [5.74, 6) is -0.0695. The second-order valence-electron chi connectivity index (χ2n) is 6.84. The summed E-state index contributed by atoms with van der Waals surface area (Å²) in [4.78, 5) is 29.0. The lowest BCUT2D eigenvalue weighted by atomic mass is 10.0. The molecule has 5 rings (SSSR count). The number of carbonyl (C=O) groups is 1. The fourth-order valence-corrected chi connectivity index (χ4v) is 5.09. The first-order chi connectivity index (χ1) is 13.6. The van der Waals surface area contributed by atoms with Crippen molar-refractivity contribution in [2.45, 2.75) is 25.8 Å². The fourth-order valence-electron chi connectivity index (χ4n) is 3.39. The van der Waals surface area contributed by atoms with Gasteiger partial charge in [-0.05, 0) is 23.6 Å². The van der Waals surface area contributed by atoms with Crippen LogP contribution in [-0.4, -0.2) is 16.1 Å². The van der Waals surface area contributed by atoms with Gasteiger partial charge in [-0.3, -0.25) is 14.5 Å². The third-order valence-electron chi connectivity index (χ3n) is 4.72. The molecular formula is C20H15N3O3S2. The minimum Gasteiger partial charge on any atom is -0.450 e. The van der Waals surface area contributed by atoms with Crippen LogP contribution in [-0.2, 0) is 0 Å². The van der Waals surface area contributed by atoms with Gasteiger partial charge >= 0.3 is 0 Å². The van der Waals surface area contributed by atoms with Gasteiger partial charge in [-0.1, -0.05) is 43.4 Å². The fraction of sp³-hybridized carbons (Fsp3) is 0.200. The molecule has 0 bridgehead atoms. The topological polar surface area (TPSA) is 76.3 Å². The van der Waals surface area contributed by atoms with Crippen LogP contribution in [0.1, 0.15) is 51.8 Å². The van der Waals surface area contributed by atoms with Crippen molar-refractivity contribution < 1.29 is 9.21 Å². The number of benzene rings is 1. The predicted molar refractivity (Wildman–Crippen MR) is 109 cm³/mol. The van der Waals surface area contributed by atoms with Gasteiger partial charge in [0.15, 0.2) is 5.43 Å². The summed E-state index contributed by atoms with van der Waals surface area (Å²) >= 11 is 2.86. The quantitative estimate of drug-likeness (QED) is 0.495. The van der Waals surface area contributed by atoms with Crippen molar-refractivity contribution in [3.8, 4) is 0 Å². The van der Waals surface area contributed by atoms with Crippen LogP contribution >= 0.6 is 22.7 Å². The summed E-state index contributed by atoms with van der Waals surface area (Å²) in [6.07, 6.45) is 0. The third-order valence-corrected chi connectivity index (χ3v) is 6.87. The first-order valence-electron chi connectivity index (χ1n) is 8.82. The number of carbonyl (C=O) groups excluding carboxylic acids is 1. The molecular weight excluding hydrogens is 394 g/mol. The number of hydrogen-bond donors (Lipinski definition) is 0. The molecule has 6 nitrogen and oxygen atoms in total. The number of anilines is 1. The largest absolute Gasteiger partial charge is 0.450 e. The average molecular weight is 409 g/mol. The molecule has 1 aliphatic heterocycles. The molecule has 0 saturated carbocycles. The van der Waals surface area contributed by atoms with Crippen molar-refractivity contribution in [3.63, 3.8) is 0 Å². The van der Waals surface area contributed by atoms with Gasteiger partial charge in [0.1, 0.15) is 16.6 Å². The molecule has 0 N–H and O–H groups in total. The van der Waals surface area contributed by atoms with E-state index in [2.05, 4.69) is 10.2 Å². The molecule has 0 spiro atoms. The van der Waals surface area contributed by atoms with E-state index >= 15 is 0 Å². The number of amides is 1. The summed E-state index contributed by atoms with van der Waals surface area (Å²) in [5, 5.41) is 12.2. The van der Waals surface area contributed by atoms with E-state index < -0.39 is 6.04 Å². The van der Waals surface area contributed by atoms with Gasteiger partial charge in [-0.2, -0.15) is 0 Å². The minimum absolute atomic E-state index is 0.0865. The number of hydrogen-bond acceptors (Lipinski definition) is 7. The van der Waals surface area contributed by atoms with Crippen LogP contribution in [0, 0.1) is 0 Å². The molecule has 1 amide bonds. The number of rotatable bonds is 3. The molecule has 4 aromatic rings. The molecule has 140 valence electrons. The number of thiophene rings is 1. The molecule has 1 unspecified atom stereocenters. The maximum absolute atomic E-state index is 13.3. The lowest BCUT2D eigenvalue weighted by Crippen LogP contribution is -2.28. The first-order valence-corrected chi connectivity index (χ1v) is 10.5. The zero-order valence-electron chi connectivity index (χ0n) is 15.1. The Hall–Kier alpha value is -2.84. The zero-order valence-corrected chi connectivity index (χ0v) is 16.7. The number of para-hydroxylation sites is 1. The molecule has 1 aliphatic rings. The van der Waals surface area contributed by atoms with E-state index in [0.717, 1.165) is 9.88 Å². The van der Waals surface area contributed by atoms with Crippen molar-refractivity contribution >= 4 is 44.7 Å². The summed E-state index contributed by atoms with van der Waals surface area (Å²) in [5.41, 5.74) is 0.596. The third kappa shape index (κ3) is 2.45. The van der Waals surface area contributed by atoms with Gasteiger partial charge in [-0.15, -0.1) is 21.5 Å². The molecule has 28 heavy (non-hydrogen) atoms. The Bertz CT molecular complexity index is 1260. The molecule has 0 radical (unpaired) electrons. The standard InChI is InChI=1S/C20H15N3O3S2/c1-10(2)18-21-22-20(28-18)23-15(13-8-5-9-27-13)14-16(24)11-6-3-4-7-12(11)26-17(14)19(23)25/h3-10,15H,1-2H3. The van der Waals surface area contributed by atoms with E-state index in [1.807, 2.05) is 31.4 Å². The average Bonchev–Trinajstić information content (AvgIpc) is 3.41. The van der Waals surface area contributed by atoms with Crippen LogP contribution in [0.3, 0.4) is 0 Å². The predicted octanol–water partition coefficient (Wildman–Crippen LogP) is 4.58. The van der Waals surface area contributed by atoms with Gasteiger partial charge < -0.3 is 4.42 Å². The van der Waals surface area contributed by atoms with E-state index in [1.165, 1.54) is 22.7 Å². The minimum atomic E-state index is -0.559. The summed E-state index contributed by atoms with van der Waals surface area (Å²) < 4.78 is 5.90. The second kappa shape index (κ2) is 6.35. The van der Waals surface area contributed by atoms with Gasteiger partial charge in [-0.25, -0.2) is 0 Å². The molecule has 1 atom stereocenters. The Morgan fingerprint density at radius 2 is 1.93 bits per heavy atom. The SMILES string of the molecule is CC(C)c1nnc(N2C(=O)c3oc4ccccc4c(=O)c3C2c2cccs2)s1.